The van der Waals surface area contributed by atoms with Crippen LogP contribution in [0.2, 0.25) is 0 Å². The van der Waals surface area contributed by atoms with Crippen LogP contribution in [0.5, 0.6) is 0 Å². The second-order valence-corrected chi connectivity index (χ2v) is 11.9. The third-order valence-electron chi connectivity index (χ3n) is 6.11. The fourth-order valence-corrected chi connectivity index (χ4v) is 8.03. The molecule has 156 valence electrons. The molecule has 1 aromatic rings. The topological polar surface area (TPSA) is 41.1 Å². The first-order valence-corrected chi connectivity index (χ1v) is 12.9. The highest BCUT2D eigenvalue weighted by Crippen LogP contribution is 2.52. The van der Waals surface area contributed by atoms with E-state index in [2.05, 4.69) is 80.1 Å². The van der Waals surface area contributed by atoms with Crippen LogP contribution >= 0.6 is 23.5 Å². The summed E-state index contributed by atoms with van der Waals surface area (Å²) in [7, 11) is 0. The second-order valence-electron chi connectivity index (χ2n) is 8.77. The quantitative estimate of drug-likeness (QED) is 0.531. The molecule has 3 rings (SSSR count). The van der Waals surface area contributed by atoms with Gasteiger partial charge in [0.15, 0.2) is 0 Å². The molecule has 0 spiro atoms. The highest BCUT2D eigenvalue weighted by Gasteiger charge is 2.43. The summed E-state index contributed by atoms with van der Waals surface area (Å²) in [5, 5.41) is 6.47. The van der Waals surface area contributed by atoms with E-state index in [1.807, 2.05) is 0 Å². The van der Waals surface area contributed by atoms with E-state index in [0.29, 0.717) is 11.8 Å². The summed E-state index contributed by atoms with van der Waals surface area (Å²) in [6, 6.07) is 6.33. The van der Waals surface area contributed by atoms with E-state index in [1.165, 1.54) is 54.7 Å². The lowest BCUT2D eigenvalue weighted by molar-refractivity contribution is 0.249. The SMILES string of the molecule is CC(C)c1cccc(C(C)C)c1NC(=O)NCC1(C2CCCCC2)SCCS1. The van der Waals surface area contributed by atoms with Gasteiger partial charge < -0.3 is 10.6 Å². The molecule has 1 aromatic carbocycles. The minimum atomic E-state index is -0.0571. The molecule has 2 fully saturated rings. The molecule has 28 heavy (non-hydrogen) atoms. The van der Waals surface area contributed by atoms with Crippen LogP contribution in [0.25, 0.3) is 0 Å². The van der Waals surface area contributed by atoms with Crippen molar-refractivity contribution >= 4 is 35.2 Å². The number of benzene rings is 1. The molecule has 1 saturated carbocycles. The molecule has 0 bridgehead atoms. The van der Waals surface area contributed by atoms with Gasteiger partial charge in [-0.05, 0) is 41.7 Å². The highest BCUT2D eigenvalue weighted by atomic mass is 32.2. The van der Waals surface area contributed by atoms with Crippen molar-refractivity contribution in [1.29, 1.82) is 0 Å². The number of hydrogen-bond acceptors (Lipinski definition) is 3. The van der Waals surface area contributed by atoms with Crippen LogP contribution < -0.4 is 10.6 Å². The summed E-state index contributed by atoms with van der Waals surface area (Å²) >= 11 is 4.16. The summed E-state index contributed by atoms with van der Waals surface area (Å²) in [5.74, 6) is 3.90. The number of hydrogen-bond donors (Lipinski definition) is 2. The van der Waals surface area contributed by atoms with Crippen LogP contribution in [-0.4, -0.2) is 28.2 Å². The Kier molecular flexibility index (Phi) is 7.66. The largest absolute Gasteiger partial charge is 0.336 e. The number of urea groups is 1. The summed E-state index contributed by atoms with van der Waals surface area (Å²) in [6.45, 7) is 9.51. The van der Waals surface area contributed by atoms with Crippen molar-refractivity contribution in [3.8, 4) is 0 Å². The molecule has 5 heteroatoms. The van der Waals surface area contributed by atoms with E-state index in [-0.39, 0.29) is 10.1 Å². The molecule has 3 nitrogen and oxygen atoms in total. The lowest BCUT2D eigenvalue weighted by atomic mass is 9.86. The van der Waals surface area contributed by atoms with E-state index in [9.17, 15) is 4.79 Å². The zero-order valence-electron chi connectivity index (χ0n) is 17.8. The first-order valence-electron chi connectivity index (χ1n) is 10.9. The summed E-state index contributed by atoms with van der Waals surface area (Å²) in [5.41, 5.74) is 3.43. The van der Waals surface area contributed by atoms with E-state index in [1.54, 1.807) is 0 Å². The normalized spacial score (nSPS) is 19.9. The molecule has 1 saturated heterocycles. The Hall–Kier alpha value is -0.810. The molecule has 0 unspecified atom stereocenters. The van der Waals surface area contributed by atoms with E-state index in [0.717, 1.165) is 18.2 Å². The number of carbonyl (C=O) groups is 1. The molecule has 2 amide bonds. The maximum absolute atomic E-state index is 12.9. The molecule has 2 aliphatic rings. The Morgan fingerprint density at radius 3 is 2.14 bits per heavy atom. The highest BCUT2D eigenvalue weighted by molar-refractivity contribution is 8.21. The smallest absolute Gasteiger partial charge is 0.319 e. The third kappa shape index (κ3) is 5.02. The molecule has 1 heterocycles. The number of para-hydroxylation sites is 1. The average molecular weight is 421 g/mol. The Morgan fingerprint density at radius 2 is 1.61 bits per heavy atom. The van der Waals surface area contributed by atoms with Gasteiger partial charge in [-0.1, -0.05) is 65.2 Å². The van der Waals surface area contributed by atoms with Gasteiger partial charge in [-0.2, -0.15) is 0 Å². The van der Waals surface area contributed by atoms with Crippen LogP contribution in [0.4, 0.5) is 10.5 Å². The Morgan fingerprint density at radius 1 is 1.04 bits per heavy atom. The van der Waals surface area contributed by atoms with Crippen molar-refractivity contribution in [1.82, 2.24) is 5.32 Å². The number of thioether (sulfide) groups is 2. The fraction of sp³-hybridized carbons (Fsp3) is 0.696. The maximum atomic E-state index is 12.9. The molecule has 1 aliphatic carbocycles. The van der Waals surface area contributed by atoms with Crippen molar-refractivity contribution in [2.45, 2.75) is 75.7 Å². The van der Waals surface area contributed by atoms with Crippen LogP contribution in [0.15, 0.2) is 18.2 Å². The Bertz CT molecular complexity index is 636. The number of carbonyl (C=O) groups excluding carboxylic acids is 1. The Balaban J connectivity index is 1.70. The average Bonchev–Trinajstić information content (AvgIpc) is 3.17. The van der Waals surface area contributed by atoms with Crippen molar-refractivity contribution in [2.24, 2.45) is 5.92 Å². The van der Waals surface area contributed by atoms with Crippen LogP contribution in [0, 0.1) is 5.92 Å². The van der Waals surface area contributed by atoms with E-state index in [4.69, 9.17) is 0 Å². The first kappa shape index (κ1) is 21.9. The van der Waals surface area contributed by atoms with Crippen molar-refractivity contribution in [3.63, 3.8) is 0 Å². The summed E-state index contributed by atoms with van der Waals surface area (Å²) < 4.78 is 0.177. The summed E-state index contributed by atoms with van der Waals surface area (Å²) in [6.07, 6.45) is 6.70. The molecule has 1 aliphatic heterocycles. The Labute approximate surface area is 179 Å². The van der Waals surface area contributed by atoms with Gasteiger partial charge in [0.1, 0.15) is 0 Å². The predicted molar refractivity (Wildman–Crippen MR) is 126 cm³/mol. The minimum absolute atomic E-state index is 0.0571. The van der Waals surface area contributed by atoms with Gasteiger partial charge in [0.05, 0.1) is 4.08 Å². The van der Waals surface area contributed by atoms with Crippen molar-refractivity contribution in [3.05, 3.63) is 29.3 Å². The number of amides is 2. The first-order chi connectivity index (χ1) is 13.4. The third-order valence-corrected chi connectivity index (χ3v) is 9.82. The van der Waals surface area contributed by atoms with Gasteiger partial charge in [0, 0.05) is 23.7 Å². The predicted octanol–water partition coefficient (Wildman–Crippen LogP) is 6.81. The van der Waals surface area contributed by atoms with Gasteiger partial charge in [-0.15, -0.1) is 23.5 Å². The zero-order chi connectivity index (χ0) is 20.1. The minimum Gasteiger partial charge on any atom is -0.336 e. The van der Waals surface area contributed by atoms with Crippen molar-refractivity contribution in [2.75, 3.05) is 23.4 Å². The number of rotatable bonds is 6. The lowest BCUT2D eigenvalue weighted by Crippen LogP contribution is -2.44. The number of anilines is 1. The monoisotopic (exact) mass is 420 g/mol. The van der Waals surface area contributed by atoms with Crippen LogP contribution in [0.3, 0.4) is 0 Å². The second kappa shape index (κ2) is 9.80. The maximum Gasteiger partial charge on any atom is 0.319 e. The van der Waals surface area contributed by atoms with E-state index >= 15 is 0 Å². The van der Waals surface area contributed by atoms with Gasteiger partial charge in [-0.25, -0.2) is 4.79 Å². The molecular weight excluding hydrogens is 384 g/mol. The number of nitrogens with one attached hydrogen (secondary N) is 2. The molecule has 0 radical (unpaired) electrons. The fourth-order valence-electron chi connectivity index (χ4n) is 4.55. The van der Waals surface area contributed by atoms with E-state index < -0.39 is 0 Å². The van der Waals surface area contributed by atoms with Gasteiger partial charge >= 0.3 is 6.03 Å². The molecule has 0 aromatic heterocycles. The molecule has 2 N–H and O–H groups in total. The summed E-state index contributed by atoms with van der Waals surface area (Å²) in [4.78, 5) is 12.9. The van der Waals surface area contributed by atoms with Crippen molar-refractivity contribution < 1.29 is 4.79 Å². The molecular formula is C23H36N2OS2. The lowest BCUT2D eigenvalue weighted by Gasteiger charge is -2.38. The molecule has 0 atom stereocenters. The zero-order valence-corrected chi connectivity index (χ0v) is 19.5. The van der Waals surface area contributed by atoms with Gasteiger partial charge in [0.25, 0.3) is 0 Å². The standard InChI is InChI=1S/C23H36N2OS2/c1-16(2)19-11-8-12-20(17(3)4)21(19)25-22(26)24-15-23(27-13-14-28-23)18-9-6-5-7-10-18/h8,11-12,16-18H,5-7,9-10,13-15H2,1-4H3,(H2,24,25,26). The van der Waals surface area contributed by atoms with Gasteiger partial charge in [-0.3, -0.25) is 0 Å². The van der Waals surface area contributed by atoms with Crippen LogP contribution in [0.1, 0.15) is 82.8 Å². The van der Waals surface area contributed by atoms with Gasteiger partial charge in [0.2, 0.25) is 0 Å². The van der Waals surface area contributed by atoms with Crippen LogP contribution in [-0.2, 0) is 0 Å².